The molecule has 0 aliphatic carbocycles. The Morgan fingerprint density at radius 2 is 2.28 bits per heavy atom. The Morgan fingerprint density at radius 1 is 1.44 bits per heavy atom. The predicted octanol–water partition coefficient (Wildman–Crippen LogP) is 2.64. The second kappa shape index (κ2) is 7.47. The third-order valence-electron chi connectivity index (χ3n) is 3.35. The first-order valence-electron chi connectivity index (χ1n) is 7.65. The second-order valence-corrected chi connectivity index (χ2v) is 6.15. The highest BCUT2D eigenvalue weighted by Gasteiger charge is 2.16. The molecule has 3 rings (SSSR count). The number of rotatable bonds is 6. The van der Waals surface area contributed by atoms with Crippen molar-refractivity contribution in [3.8, 4) is 17.4 Å². The van der Waals surface area contributed by atoms with Gasteiger partial charge >= 0.3 is 0 Å². The van der Waals surface area contributed by atoms with Gasteiger partial charge < -0.3 is 9.73 Å². The first kappa shape index (κ1) is 17.2. The molecule has 0 atom stereocenters. The van der Waals surface area contributed by atoms with E-state index in [0.29, 0.717) is 35.8 Å². The number of amides is 1. The number of aromatic nitrogens is 4. The average Bonchev–Trinajstić information content (AvgIpc) is 3.21. The number of halogens is 1. The van der Waals surface area contributed by atoms with Crippen molar-refractivity contribution >= 4 is 27.7 Å². The van der Waals surface area contributed by atoms with Crippen molar-refractivity contribution < 1.29 is 9.21 Å². The topological polar surface area (TPSA) is 106 Å². The minimum Gasteiger partial charge on any atom is -0.463 e. The molecular weight excluding hydrogens is 390 g/mol. The third-order valence-corrected chi connectivity index (χ3v) is 3.91. The molecule has 0 aliphatic rings. The lowest BCUT2D eigenvalue weighted by Gasteiger charge is -2.08. The molecule has 9 heteroatoms. The Labute approximate surface area is 151 Å². The lowest BCUT2D eigenvalue weighted by molar-refractivity contribution is -0.116. The average molecular weight is 406 g/mol. The smallest absolute Gasteiger partial charge is 0.252 e. The molecule has 3 aromatic rings. The number of aryl methyl sites for hydroxylation is 1. The van der Waals surface area contributed by atoms with Crippen LogP contribution in [0.25, 0.3) is 17.4 Å². The van der Waals surface area contributed by atoms with Crippen LogP contribution in [-0.4, -0.2) is 31.0 Å². The van der Waals surface area contributed by atoms with Crippen LogP contribution in [0.3, 0.4) is 0 Å². The van der Waals surface area contributed by atoms with Gasteiger partial charge in [0.15, 0.2) is 5.76 Å². The molecule has 8 nitrogen and oxygen atoms in total. The maximum Gasteiger partial charge on any atom is 0.252 e. The molecule has 0 saturated carbocycles. The summed E-state index contributed by atoms with van der Waals surface area (Å²) < 4.78 is 6.74. The normalized spacial score (nSPS) is 10.8. The van der Waals surface area contributed by atoms with Crippen molar-refractivity contribution in [1.82, 2.24) is 19.7 Å². The van der Waals surface area contributed by atoms with Crippen LogP contribution < -0.4 is 10.9 Å². The summed E-state index contributed by atoms with van der Waals surface area (Å²) in [6.45, 7) is 1.71. The number of anilines is 1. The van der Waals surface area contributed by atoms with Crippen molar-refractivity contribution in [3.05, 3.63) is 46.6 Å². The zero-order chi connectivity index (χ0) is 17.8. The number of carbonyl (C=O) groups excluding carboxylic acids is 1. The van der Waals surface area contributed by atoms with Crippen molar-refractivity contribution in [1.29, 1.82) is 0 Å². The van der Waals surface area contributed by atoms with E-state index in [-0.39, 0.29) is 17.4 Å². The van der Waals surface area contributed by atoms with Gasteiger partial charge in [0.2, 0.25) is 11.9 Å². The summed E-state index contributed by atoms with van der Waals surface area (Å²) in [4.78, 5) is 30.8. The SMILES string of the molecule is Cc1cc(=O)[nH]c(-n2nc(-c3ccco3)cc2NC(=O)CCCBr)n1. The van der Waals surface area contributed by atoms with Gasteiger partial charge in [0.05, 0.1) is 6.26 Å². The Balaban J connectivity index is 2.02. The van der Waals surface area contributed by atoms with Crippen LogP contribution in [0.5, 0.6) is 0 Å². The van der Waals surface area contributed by atoms with Gasteiger partial charge in [0.1, 0.15) is 11.5 Å². The fraction of sp³-hybridized carbons (Fsp3) is 0.250. The second-order valence-electron chi connectivity index (χ2n) is 5.36. The number of nitrogens with zero attached hydrogens (tertiary/aromatic N) is 3. The van der Waals surface area contributed by atoms with Crippen LogP contribution in [0, 0.1) is 6.92 Å². The number of furan rings is 1. The molecule has 0 spiro atoms. The molecule has 1 amide bonds. The molecule has 3 aromatic heterocycles. The van der Waals surface area contributed by atoms with Crippen LogP contribution in [0.4, 0.5) is 5.82 Å². The van der Waals surface area contributed by atoms with Crippen LogP contribution in [0.15, 0.2) is 39.7 Å². The van der Waals surface area contributed by atoms with Crippen molar-refractivity contribution in [2.45, 2.75) is 19.8 Å². The minimum absolute atomic E-state index is 0.151. The fourth-order valence-corrected chi connectivity index (χ4v) is 2.55. The van der Waals surface area contributed by atoms with Gasteiger partial charge in [-0.25, -0.2) is 4.98 Å². The highest BCUT2D eigenvalue weighted by Crippen LogP contribution is 2.24. The number of nitrogens with one attached hydrogen (secondary N) is 2. The lowest BCUT2D eigenvalue weighted by atomic mass is 10.3. The van der Waals surface area contributed by atoms with E-state index >= 15 is 0 Å². The Hall–Kier alpha value is -2.68. The predicted molar refractivity (Wildman–Crippen MR) is 96.1 cm³/mol. The van der Waals surface area contributed by atoms with Crippen LogP contribution in [0.1, 0.15) is 18.5 Å². The summed E-state index contributed by atoms with van der Waals surface area (Å²) in [5, 5.41) is 7.95. The molecule has 0 bridgehead atoms. The molecular formula is C16H16BrN5O3. The van der Waals surface area contributed by atoms with Gasteiger partial charge in [-0.1, -0.05) is 15.9 Å². The van der Waals surface area contributed by atoms with E-state index in [2.05, 4.69) is 36.3 Å². The number of H-pyrrole nitrogens is 1. The van der Waals surface area contributed by atoms with Gasteiger partial charge in [-0.3, -0.25) is 14.6 Å². The summed E-state index contributed by atoms with van der Waals surface area (Å²) in [5.74, 6) is 1.02. The van der Waals surface area contributed by atoms with E-state index in [9.17, 15) is 9.59 Å². The fourth-order valence-electron chi connectivity index (χ4n) is 2.27. The summed E-state index contributed by atoms with van der Waals surface area (Å²) in [5.41, 5.74) is 0.768. The highest BCUT2D eigenvalue weighted by atomic mass is 79.9. The third kappa shape index (κ3) is 4.05. The maximum atomic E-state index is 12.1. The summed E-state index contributed by atoms with van der Waals surface area (Å²) >= 11 is 3.30. The standard InChI is InChI=1S/C16H16BrN5O3/c1-10-8-15(24)20-16(18-10)22-13(19-14(23)5-2-6-17)9-11(21-22)12-4-3-7-25-12/h3-4,7-9H,2,5-6H2,1H3,(H,19,23)(H,18,20,24). The summed E-state index contributed by atoms with van der Waals surface area (Å²) in [7, 11) is 0. The van der Waals surface area contributed by atoms with Crippen LogP contribution in [0.2, 0.25) is 0 Å². The molecule has 0 unspecified atom stereocenters. The minimum atomic E-state index is -0.297. The van der Waals surface area contributed by atoms with Crippen LogP contribution >= 0.6 is 15.9 Å². The summed E-state index contributed by atoms with van der Waals surface area (Å²) in [6.07, 6.45) is 2.62. The molecule has 0 radical (unpaired) electrons. The molecule has 0 saturated heterocycles. The quantitative estimate of drug-likeness (QED) is 0.613. The van der Waals surface area contributed by atoms with E-state index in [1.165, 1.54) is 17.0 Å². The van der Waals surface area contributed by atoms with Gasteiger partial charge in [0, 0.05) is 29.6 Å². The Bertz CT molecular complexity index is 930. The van der Waals surface area contributed by atoms with E-state index in [1.54, 1.807) is 25.1 Å². The Kier molecular flexibility index (Phi) is 5.13. The van der Waals surface area contributed by atoms with Gasteiger partial charge in [-0.15, -0.1) is 0 Å². The highest BCUT2D eigenvalue weighted by molar-refractivity contribution is 9.09. The number of carbonyl (C=O) groups is 1. The van der Waals surface area contributed by atoms with Gasteiger partial charge in [-0.05, 0) is 25.5 Å². The van der Waals surface area contributed by atoms with Gasteiger partial charge in [0.25, 0.3) is 5.56 Å². The van der Waals surface area contributed by atoms with Crippen molar-refractivity contribution in [2.75, 3.05) is 10.6 Å². The number of alkyl halides is 1. The van der Waals surface area contributed by atoms with Crippen molar-refractivity contribution in [2.24, 2.45) is 0 Å². The zero-order valence-electron chi connectivity index (χ0n) is 13.5. The molecule has 25 heavy (non-hydrogen) atoms. The largest absolute Gasteiger partial charge is 0.463 e. The lowest BCUT2D eigenvalue weighted by Crippen LogP contribution is -2.18. The van der Waals surface area contributed by atoms with E-state index in [0.717, 1.165) is 5.33 Å². The van der Waals surface area contributed by atoms with Gasteiger partial charge in [-0.2, -0.15) is 9.78 Å². The Morgan fingerprint density at radius 3 is 2.96 bits per heavy atom. The zero-order valence-corrected chi connectivity index (χ0v) is 15.0. The number of hydrogen-bond donors (Lipinski definition) is 2. The number of aromatic amines is 1. The molecule has 130 valence electrons. The molecule has 0 aliphatic heterocycles. The first-order valence-corrected chi connectivity index (χ1v) is 8.77. The summed E-state index contributed by atoms with van der Waals surface area (Å²) in [6, 6.07) is 6.56. The van der Waals surface area contributed by atoms with Crippen molar-refractivity contribution in [3.63, 3.8) is 0 Å². The molecule has 2 N–H and O–H groups in total. The number of hydrogen-bond acceptors (Lipinski definition) is 5. The van der Waals surface area contributed by atoms with E-state index in [1.807, 2.05) is 0 Å². The van der Waals surface area contributed by atoms with E-state index < -0.39 is 0 Å². The molecule has 0 aromatic carbocycles. The molecule has 3 heterocycles. The maximum absolute atomic E-state index is 12.1. The monoisotopic (exact) mass is 405 g/mol. The molecule has 0 fully saturated rings. The van der Waals surface area contributed by atoms with E-state index in [4.69, 9.17) is 4.42 Å². The first-order chi connectivity index (χ1) is 12.1. The van der Waals surface area contributed by atoms with Crippen LogP contribution in [-0.2, 0) is 4.79 Å².